The number of rotatable bonds is 0. The summed E-state index contributed by atoms with van der Waals surface area (Å²) in [5.41, 5.74) is 0. The second kappa shape index (κ2) is 18.6. The third-order valence-electron chi connectivity index (χ3n) is 0. The molecule has 0 aromatic heterocycles. The van der Waals surface area contributed by atoms with Gasteiger partial charge in [0.25, 0.3) is 0 Å². The smallest absolute Gasteiger partial charge is 0 e. The van der Waals surface area contributed by atoms with Crippen molar-refractivity contribution in [2.75, 3.05) is 0 Å². The molecule has 0 aromatic carbocycles. The third-order valence-corrected chi connectivity index (χ3v) is 0. The van der Waals surface area contributed by atoms with Crippen molar-refractivity contribution in [1.82, 2.24) is 0 Å². The summed E-state index contributed by atoms with van der Waals surface area (Å²) >= 11 is 3.77. The van der Waals surface area contributed by atoms with Crippen molar-refractivity contribution >= 4 is 37.9 Å². The van der Waals surface area contributed by atoms with Crippen LogP contribution < -0.4 is 0 Å². The van der Waals surface area contributed by atoms with Crippen molar-refractivity contribution in [2.24, 2.45) is 0 Å². The summed E-state index contributed by atoms with van der Waals surface area (Å²) in [5.74, 6) is 0. The summed E-state index contributed by atoms with van der Waals surface area (Å²) in [6.45, 7) is 0. The van der Waals surface area contributed by atoms with Gasteiger partial charge in [-0.05, 0) is 0 Å². The Balaban J connectivity index is -0.00000000500. The van der Waals surface area contributed by atoms with E-state index in [0.717, 1.165) is 0 Å². The molecule has 0 aliphatic rings. The normalized spacial score (nSPS) is 1.50. The zero-order chi connectivity index (χ0) is 2.00. The Labute approximate surface area is 70.7 Å². The van der Waals surface area contributed by atoms with Gasteiger partial charge in [0.1, 0.15) is 0 Å². The van der Waals surface area contributed by atoms with Crippen LogP contribution in [0.1, 0.15) is 0 Å². The van der Waals surface area contributed by atoms with Crippen LogP contribution >= 0.6 is 10.6 Å². The summed E-state index contributed by atoms with van der Waals surface area (Å²) in [6.07, 6.45) is 0. The Morgan fingerprint density at radius 2 is 1.25 bits per heavy atom. The van der Waals surface area contributed by atoms with Gasteiger partial charge in [0.15, 0.2) is 0 Å². The first-order chi connectivity index (χ1) is 1.00. The third kappa shape index (κ3) is 8.86. The SMILES string of the molecule is [PbH2].[S]=[Cu].[Zn]. The van der Waals surface area contributed by atoms with Crippen LogP contribution in [0.25, 0.3) is 0 Å². The van der Waals surface area contributed by atoms with E-state index in [4.69, 9.17) is 0 Å². The maximum atomic E-state index is 3.77. The van der Waals surface area contributed by atoms with E-state index in [2.05, 4.69) is 24.9 Å². The molecular weight excluding hydrogens is 368 g/mol. The first kappa shape index (κ1) is 16.3. The molecule has 0 spiro atoms. The van der Waals surface area contributed by atoms with Crippen molar-refractivity contribution in [3.05, 3.63) is 0 Å². The van der Waals surface area contributed by atoms with Gasteiger partial charge >= 0.3 is 52.2 Å². The molecule has 0 bridgehead atoms. The fraction of sp³-hybridized carbons (Fsp3) is 0. The van der Waals surface area contributed by atoms with E-state index in [-0.39, 0.29) is 46.8 Å². The molecule has 2 radical (unpaired) electrons. The molecule has 0 rings (SSSR count). The van der Waals surface area contributed by atoms with Crippen LogP contribution in [0.3, 0.4) is 0 Å². The van der Waals surface area contributed by atoms with E-state index >= 15 is 0 Å². The van der Waals surface area contributed by atoms with Gasteiger partial charge in [0.05, 0.1) is 0 Å². The fourth-order valence-corrected chi connectivity index (χ4v) is 0. The molecule has 0 aromatic rings. The van der Waals surface area contributed by atoms with Crippen LogP contribution in [0.5, 0.6) is 0 Å². The molecule has 0 atom stereocenters. The van der Waals surface area contributed by atoms with E-state index in [9.17, 15) is 0 Å². The summed E-state index contributed by atoms with van der Waals surface area (Å²) < 4.78 is 0. The second-order valence-corrected chi connectivity index (χ2v) is 0. The molecular formula is H2CuPbSZn. The van der Waals surface area contributed by atoms with Gasteiger partial charge in [0.2, 0.25) is 0 Å². The van der Waals surface area contributed by atoms with E-state index in [1.807, 2.05) is 0 Å². The largest absolute Gasteiger partial charge is 0 e. The molecule has 4 heteroatoms. The van der Waals surface area contributed by atoms with Gasteiger partial charge in [-0.3, -0.25) is 0 Å². The number of hydrogen-bond acceptors (Lipinski definition) is 1. The van der Waals surface area contributed by atoms with Crippen LogP contribution in [-0.4, -0.2) is 27.3 Å². The predicted molar refractivity (Wildman–Crippen MR) is 16.1 cm³/mol. The molecule has 0 nitrogen and oxygen atoms in total. The molecule has 0 fully saturated rings. The van der Waals surface area contributed by atoms with Crippen molar-refractivity contribution in [2.45, 2.75) is 0 Å². The average molecular weight is 370 g/mol. The molecule has 0 amide bonds. The van der Waals surface area contributed by atoms with Gasteiger partial charge < -0.3 is 0 Å². The Morgan fingerprint density at radius 3 is 1.25 bits per heavy atom. The summed E-state index contributed by atoms with van der Waals surface area (Å²) in [7, 11) is 3.65. The maximum absolute atomic E-state index is 3.77. The van der Waals surface area contributed by atoms with Gasteiger partial charge in [-0.2, -0.15) is 0 Å². The fourth-order valence-electron chi connectivity index (χ4n) is 0. The molecule has 0 aliphatic carbocycles. The summed E-state index contributed by atoms with van der Waals surface area (Å²) in [4.78, 5) is 0. The summed E-state index contributed by atoms with van der Waals surface area (Å²) in [5, 5.41) is 0. The van der Waals surface area contributed by atoms with Crippen LogP contribution in [0.2, 0.25) is 0 Å². The molecule has 0 N–H and O–H groups in total. The van der Waals surface area contributed by atoms with Gasteiger partial charge in [-0.25, -0.2) is 0 Å². The van der Waals surface area contributed by atoms with Crippen LogP contribution in [0.4, 0.5) is 0 Å². The molecule has 4 heavy (non-hydrogen) atoms. The summed E-state index contributed by atoms with van der Waals surface area (Å²) in [6, 6.07) is 0. The van der Waals surface area contributed by atoms with Crippen molar-refractivity contribution in [3.8, 4) is 0 Å². The zero-order valence-corrected chi connectivity index (χ0v) is 12.3. The standard InChI is InChI=1S/Cu.Pb.S.Zn.2H. The Bertz CT molecular complexity index is 8.00. The van der Waals surface area contributed by atoms with Crippen LogP contribution in [0.15, 0.2) is 0 Å². The minimum atomic E-state index is 0. The second-order valence-electron chi connectivity index (χ2n) is 0. The Hall–Kier alpha value is 2.28. The van der Waals surface area contributed by atoms with Crippen molar-refractivity contribution in [3.63, 3.8) is 0 Å². The van der Waals surface area contributed by atoms with Crippen molar-refractivity contribution in [1.29, 1.82) is 0 Å². The van der Waals surface area contributed by atoms with Gasteiger partial charge in [-0.15, -0.1) is 0 Å². The van der Waals surface area contributed by atoms with E-state index in [1.54, 1.807) is 0 Å². The zero-order valence-electron chi connectivity index (χ0n) is 2.12. The topological polar surface area (TPSA) is 0 Å². The van der Waals surface area contributed by atoms with Crippen LogP contribution in [-0.2, 0) is 33.9 Å². The van der Waals surface area contributed by atoms with Crippen molar-refractivity contribution < 1.29 is 33.9 Å². The van der Waals surface area contributed by atoms with Crippen LogP contribution in [0, 0.1) is 0 Å². The molecule has 25 valence electrons. The minimum absolute atomic E-state index is 0. The quantitative estimate of drug-likeness (QED) is 0.529. The van der Waals surface area contributed by atoms with Gasteiger partial charge in [-0.1, -0.05) is 0 Å². The monoisotopic (exact) mass is 369 g/mol. The number of hydrogen-bond donors (Lipinski definition) is 0. The molecule has 0 aliphatic heterocycles. The molecule has 0 unspecified atom stereocenters. The van der Waals surface area contributed by atoms with Gasteiger partial charge in [0, 0.05) is 19.5 Å². The van der Waals surface area contributed by atoms with E-state index in [1.165, 1.54) is 0 Å². The molecule has 0 heterocycles. The molecule has 0 saturated heterocycles. The van der Waals surface area contributed by atoms with E-state index in [0.29, 0.717) is 0 Å². The Morgan fingerprint density at radius 1 is 1.25 bits per heavy atom. The molecule has 0 saturated carbocycles. The average Bonchev–Trinajstić information content (AvgIpc) is 1.00. The van der Waals surface area contributed by atoms with E-state index < -0.39 is 0 Å². The first-order valence-electron chi connectivity index (χ1n) is 0.123. The minimum Gasteiger partial charge on any atom is 0 e. The Kier molecular flexibility index (Phi) is 75.6. The first-order valence-corrected chi connectivity index (χ1v) is 1.52. The maximum Gasteiger partial charge on any atom is 0 e. The predicted octanol–water partition coefficient (Wildman–Crippen LogP) is -0.273.